The Balaban J connectivity index is 1.67. The van der Waals surface area contributed by atoms with E-state index in [0.717, 1.165) is 44.2 Å². The molecular weight excluding hydrogens is 395 g/mol. The van der Waals surface area contributed by atoms with E-state index >= 15 is 0 Å². The second-order valence-corrected chi connectivity index (χ2v) is 7.93. The first-order valence-corrected chi connectivity index (χ1v) is 10.6. The normalized spacial score (nSPS) is 11.3. The zero-order valence-electron chi connectivity index (χ0n) is 17.3. The summed E-state index contributed by atoms with van der Waals surface area (Å²) in [6, 6.07) is 38.3. The molecule has 6 rings (SSSR count). The topological polar surface area (TPSA) is 13.1 Å². The van der Waals surface area contributed by atoms with Crippen molar-refractivity contribution in [2.75, 3.05) is 0 Å². The summed E-state index contributed by atoms with van der Waals surface area (Å²) < 4.78 is 20.6. The van der Waals surface area contributed by atoms with E-state index in [2.05, 4.69) is 42.5 Å². The maximum Gasteiger partial charge on any atom is 0.171 e. The summed E-state index contributed by atoms with van der Waals surface area (Å²) in [5, 5.41) is 1.73. The summed E-state index contributed by atoms with van der Waals surface area (Å²) in [4.78, 5) is 0. The van der Waals surface area contributed by atoms with Crippen LogP contribution in [0.5, 0.6) is 0 Å². The second kappa shape index (κ2) is 7.51. The molecule has 1 heterocycles. The zero-order valence-corrected chi connectivity index (χ0v) is 17.3. The fraction of sp³-hybridized carbons (Fsp3) is 0. The van der Waals surface area contributed by atoms with Crippen LogP contribution < -0.4 is 0 Å². The molecule has 0 N–H and O–H groups in total. The highest BCUT2D eigenvalue weighted by atomic mass is 19.1. The van der Waals surface area contributed by atoms with Crippen LogP contribution in [0.25, 0.3) is 55.3 Å². The van der Waals surface area contributed by atoms with Crippen molar-refractivity contribution in [1.82, 2.24) is 0 Å². The quantitative estimate of drug-likeness (QED) is 0.282. The zero-order chi connectivity index (χ0) is 21.5. The van der Waals surface area contributed by atoms with Gasteiger partial charge in [-0.3, -0.25) is 0 Å². The van der Waals surface area contributed by atoms with Crippen LogP contribution in [0, 0.1) is 5.82 Å². The molecule has 0 aliphatic carbocycles. The lowest BCUT2D eigenvalue weighted by molar-refractivity contribution is 0.584. The van der Waals surface area contributed by atoms with Crippen LogP contribution in [0.3, 0.4) is 0 Å². The molecular formula is C30H19FO. The first-order valence-electron chi connectivity index (χ1n) is 10.6. The number of hydrogen-bond acceptors (Lipinski definition) is 1. The van der Waals surface area contributed by atoms with Gasteiger partial charge in [0.05, 0.1) is 0 Å². The van der Waals surface area contributed by atoms with Crippen LogP contribution in [0.15, 0.2) is 120 Å². The largest absolute Gasteiger partial charge is 0.453 e. The number of hydrogen-bond donors (Lipinski definition) is 0. The van der Waals surface area contributed by atoms with Gasteiger partial charge in [-0.15, -0.1) is 0 Å². The maximum atomic E-state index is 14.7. The summed E-state index contributed by atoms with van der Waals surface area (Å²) in [7, 11) is 0. The molecule has 0 amide bonds. The van der Waals surface area contributed by atoms with Crippen molar-refractivity contribution in [3.8, 4) is 33.4 Å². The molecule has 0 aliphatic heterocycles. The monoisotopic (exact) mass is 414 g/mol. The molecule has 1 nitrogen and oxygen atoms in total. The molecule has 6 aromatic rings. The van der Waals surface area contributed by atoms with Gasteiger partial charge in [-0.05, 0) is 63.7 Å². The minimum absolute atomic E-state index is 0.301. The molecule has 0 spiro atoms. The molecule has 5 aromatic carbocycles. The molecule has 32 heavy (non-hydrogen) atoms. The smallest absolute Gasteiger partial charge is 0.171 e. The molecule has 0 aliphatic rings. The lowest BCUT2D eigenvalue weighted by atomic mass is 9.91. The lowest BCUT2D eigenvalue weighted by Gasteiger charge is -2.12. The van der Waals surface area contributed by atoms with Gasteiger partial charge in [-0.2, -0.15) is 0 Å². The molecule has 152 valence electrons. The fourth-order valence-corrected chi connectivity index (χ4v) is 4.41. The lowest BCUT2D eigenvalue weighted by Crippen LogP contribution is -1.88. The van der Waals surface area contributed by atoms with Crippen molar-refractivity contribution in [3.05, 3.63) is 121 Å². The van der Waals surface area contributed by atoms with Gasteiger partial charge >= 0.3 is 0 Å². The van der Waals surface area contributed by atoms with E-state index in [9.17, 15) is 4.39 Å². The minimum Gasteiger partial charge on any atom is -0.453 e. The Kier molecular flexibility index (Phi) is 4.36. The molecule has 0 fully saturated rings. The van der Waals surface area contributed by atoms with Crippen molar-refractivity contribution < 1.29 is 8.81 Å². The highest BCUT2D eigenvalue weighted by Crippen LogP contribution is 2.40. The summed E-state index contributed by atoms with van der Waals surface area (Å²) >= 11 is 0. The number of halogens is 1. The second-order valence-electron chi connectivity index (χ2n) is 7.93. The van der Waals surface area contributed by atoms with Gasteiger partial charge in [0.2, 0.25) is 0 Å². The summed E-state index contributed by atoms with van der Waals surface area (Å²) in [6.45, 7) is 0. The summed E-state index contributed by atoms with van der Waals surface area (Å²) in [6.07, 6.45) is 0. The summed E-state index contributed by atoms with van der Waals surface area (Å²) in [5.41, 5.74) is 7.50. The molecule has 0 radical (unpaired) electrons. The van der Waals surface area contributed by atoms with E-state index in [1.54, 1.807) is 0 Å². The van der Waals surface area contributed by atoms with Crippen LogP contribution >= 0.6 is 0 Å². The van der Waals surface area contributed by atoms with Crippen molar-refractivity contribution in [1.29, 1.82) is 0 Å². The van der Waals surface area contributed by atoms with Gasteiger partial charge in [0.1, 0.15) is 5.58 Å². The molecule has 2 heteroatoms. The molecule has 0 bridgehead atoms. The fourth-order valence-electron chi connectivity index (χ4n) is 4.41. The highest BCUT2D eigenvalue weighted by Gasteiger charge is 2.17. The number of para-hydroxylation sites is 1. The van der Waals surface area contributed by atoms with Crippen molar-refractivity contribution in [2.24, 2.45) is 0 Å². The third-order valence-electron chi connectivity index (χ3n) is 5.94. The highest BCUT2D eigenvalue weighted by molar-refractivity contribution is 6.12. The SMILES string of the molecule is Fc1ccc(-c2cc(-c3ccccc3)cc(-c3ccccc3)c2)c2c1oc1ccccc12. The van der Waals surface area contributed by atoms with Crippen molar-refractivity contribution in [2.45, 2.75) is 0 Å². The van der Waals surface area contributed by atoms with Crippen molar-refractivity contribution >= 4 is 21.9 Å². The van der Waals surface area contributed by atoms with Gasteiger partial charge in [0.25, 0.3) is 0 Å². The molecule has 0 saturated heterocycles. The van der Waals surface area contributed by atoms with Crippen LogP contribution in [0.4, 0.5) is 4.39 Å². The summed E-state index contributed by atoms with van der Waals surface area (Å²) in [5.74, 6) is -0.345. The predicted molar refractivity (Wildman–Crippen MR) is 130 cm³/mol. The Morgan fingerprint density at radius 1 is 0.500 bits per heavy atom. The van der Waals surface area contributed by atoms with E-state index in [4.69, 9.17) is 4.42 Å². The number of fused-ring (bicyclic) bond motifs is 3. The van der Waals surface area contributed by atoms with E-state index in [0.29, 0.717) is 11.2 Å². The molecule has 0 atom stereocenters. The van der Waals surface area contributed by atoms with Crippen LogP contribution in [0.1, 0.15) is 0 Å². The maximum absolute atomic E-state index is 14.7. The van der Waals surface area contributed by atoms with Crippen molar-refractivity contribution in [3.63, 3.8) is 0 Å². The first kappa shape index (κ1) is 18.6. The average Bonchev–Trinajstić information content (AvgIpc) is 3.26. The Bertz CT molecular complexity index is 1510. The number of benzene rings is 5. The Morgan fingerprint density at radius 3 is 1.72 bits per heavy atom. The Labute approximate surface area is 185 Å². The van der Waals surface area contributed by atoms with E-state index in [-0.39, 0.29) is 5.82 Å². The minimum atomic E-state index is -0.345. The van der Waals surface area contributed by atoms with E-state index in [1.807, 2.05) is 66.7 Å². The van der Waals surface area contributed by atoms with Crippen LogP contribution in [0.2, 0.25) is 0 Å². The Hall–Kier alpha value is -4.17. The number of furan rings is 1. The molecule has 1 aromatic heterocycles. The average molecular weight is 414 g/mol. The van der Waals surface area contributed by atoms with Gasteiger partial charge < -0.3 is 4.42 Å². The van der Waals surface area contributed by atoms with Gasteiger partial charge in [0, 0.05) is 10.8 Å². The Morgan fingerprint density at radius 2 is 1.06 bits per heavy atom. The number of rotatable bonds is 3. The third-order valence-corrected chi connectivity index (χ3v) is 5.94. The standard InChI is InChI=1S/C30H19FO/c31-27-16-15-25(29-26-13-7-8-14-28(26)32-30(27)29)24-18-22(20-9-3-1-4-10-20)17-23(19-24)21-11-5-2-6-12-21/h1-19H. The van der Waals surface area contributed by atoms with Gasteiger partial charge in [0.15, 0.2) is 11.4 Å². The molecule has 0 saturated carbocycles. The molecule has 0 unspecified atom stereocenters. The van der Waals surface area contributed by atoms with Gasteiger partial charge in [-0.1, -0.05) is 84.9 Å². The van der Waals surface area contributed by atoms with Gasteiger partial charge in [-0.25, -0.2) is 4.39 Å². The van der Waals surface area contributed by atoms with Crippen LogP contribution in [-0.4, -0.2) is 0 Å². The first-order chi connectivity index (χ1) is 15.8. The van der Waals surface area contributed by atoms with E-state index < -0.39 is 0 Å². The van der Waals surface area contributed by atoms with E-state index in [1.165, 1.54) is 6.07 Å². The van der Waals surface area contributed by atoms with Crippen LogP contribution in [-0.2, 0) is 0 Å². The third kappa shape index (κ3) is 3.09. The predicted octanol–water partition coefficient (Wildman–Crippen LogP) is 8.73.